The number of nitrogens with one attached hydrogen (secondary N) is 1. The Balaban J connectivity index is 2.04. The first-order chi connectivity index (χ1) is 9.65. The molecule has 0 radical (unpaired) electrons. The van der Waals surface area contributed by atoms with Crippen LogP contribution in [0.3, 0.4) is 0 Å². The van der Waals surface area contributed by atoms with Gasteiger partial charge in [-0.1, -0.05) is 24.3 Å². The van der Waals surface area contributed by atoms with E-state index in [2.05, 4.69) is 0 Å². The molecule has 3 aromatic rings. The third-order valence-electron chi connectivity index (χ3n) is 3.05. The number of hydrogen-bond donors (Lipinski definition) is 3. The van der Waals surface area contributed by atoms with Crippen LogP contribution in [-0.2, 0) is 0 Å². The molecule has 0 aliphatic heterocycles. The van der Waals surface area contributed by atoms with Gasteiger partial charge >= 0.3 is 0 Å². The Morgan fingerprint density at radius 1 is 0.632 bits per heavy atom. The molecule has 0 fully saturated rings. The molecule has 3 heteroatoms. The molecule has 3 rings (SSSR count). The number of aromatic nitrogens is 1. The summed E-state index contributed by atoms with van der Waals surface area (Å²) in [5.74, 6) is 0. The summed E-state index contributed by atoms with van der Waals surface area (Å²) in [6.07, 6.45) is 0. The second-order valence-electron chi connectivity index (χ2n) is 4.46. The summed E-state index contributed by atoms with van der Waals surface area (Å²) in [5.41, 5.74) is 16.4. The number of H-pyrrole nitrogens is 1. The SMILES string of the molecule is [2H]n1c(-c2ccc(N)cc2)ccc1-c1ccc(N)cc1. The largest absolute Gasteiger partial charge is 0.399 e. The second kappa shape index (κ2) is 4.53. The fourth-order valence-electron chi connectivity index (χ4n) is 1.99. The maximum absolute atomic E-state index is 8.26. The van der Waals surface area contributed by atoms with Gasteiger partial charge in [-0.15, -0.1) is 0 Å². The molecule has 0 atom stereocenters. The topological polar surface area (TPSA) is 67.8 Å². The third kappa shape index (κ3) is 2.31. The zero-order chi connectivity index (χ0) is 14.1. The second-order valence-corrected chi connectivity index (χ2v) is 4.46. The van der Waals surface area contributed by atoms with E-state index in [4.69, 9.17) is 12.9 Å². The van der Waals surface area contributed by atoms with Gasteiger partial charge < -0.3 is 16.4 Å². The van der Waals surface area contributed by atoms with Crippen LogP contribution in [0.4, 0.5) is 11.4 Å². The molecule has 0 saturated carbocycles. The Kier molecular flexibility index (Phi) is 2.45. The van der Waals surface area contributed by atoms with E-state index in [0.717, 1.165) is 33.9 Å². The van der Waals surface area contributed by atoms with E-state index in [9.17, 15) is 0 Å². The number of rotatable bonds is 2. The van der Waals surface area contributed by atoms with Crippen LogP contribution in [-0.4, -0.2) is 4.98 Å². The van der Waals surface area contributed by atoms with Crippen LogP contribution in [0.15, 0.2) is 60.7 Å². The molecular formula is C16H15N3. The molecule has 0 bridgehead atoms. The average molecular weight is 250 g/mol. The van der Waals surface area contributed by atoms with Crippen molar-refractivity contribution in [3.8, 4) is 22.5 Å². The van der Waals surface area contributed by atoms with E-state index in [1.54, 1.807) is 0 Å². The molecule has 0 spiro atoms. The van der Waals surface area contributed by atoms with Crippen LogP contribution >= 0.6 is 0 Å². The van der Waals surface area contributed by atoms with Crippen LogP contribution in [0, 0.1) is 0 Å². The number of aromatic amines is 1. The fourth-order valence-corrected chi connectivity index (χ4v) is 1.99. The Hall–Kier alpha value is -2.68. The number of hydrogen-bond acceptors (Lipinski definition) is 2. The van der Waals surface area contributed by atoms with E-state index in [0.29, 0.717) is 0 Å². The summed E-state index contributed by atoms with van der Waals surface area (Å²) in [7, 11) is 0. The van der Waals surface area contributed by atoms with Gasteiger partial charge in [-0.3, -0.25) is 0 Å². The van der Waals surface area contributed by atoms with Crippen molar-refractivity contribution in [1.82, 2.24) is 4.98 Å². The monoisotopic (exact) mass is 250 g/mol. The average Bonchev–Trinajstić information content (AvgIpc) is 2.83. The summed E-state index contributed by atoms with van der Waals surface area (Å²) in [6, 6.07) is 18.9. The highest BCUT2D eigenvalue weighted by Gasteiger charge is 2.03. The van der Waals surface area contributed by atoms with Crippen LogP contribution < -0.4 is 11.5 Å². The van der Waals surface area contributed by atoms with Crippen molar-refractivity contribution >= 4 is 11.4 Å². The van der Waals surface area contributed by atoms with E-state index in [-0.39, 0.29) is 0 Å². The van der Waals surface area contributed by atoms with Gasteiger partial charge in [-0.05, 0) is 47.5 Å². The summed E-state index contributed by atoms with van der Waals surface area (Å²) in [4.78, 5) is 1.43. The molecule has 0 unspecified atom stereocenters. The smallest absolute Gasteiger partial charge is 0.167 e. The van der Waals surface area contributed by atoms with Gasteiger partial charge in [0.25, 0.3) is 0 Å². The molecule has 1 aromatic heterocycles. The van der Waals surface area contributed by atoms with Crippen molar-refractivity contribution in [1.29, 1.82) is 0 Å². The Bertz CT molecular complexity index is 664. The van der Waals surface area contributed by atoms with Gasteiger partial charge in [0.2, 0.25) is 0 Å². The maximum Gasteiger partial charge on any atom is 0.167 e. The molecule has 0 saturated heterocycles. The number of benzene rings is 2. The van der Waals surface area contributed by atoms with Crippen molar-refractivity contribution < 1.29 is 1.41 Å². The summed E-state index contributed by atoms with van der Waals surface area (Å²) < 4.78 is 8.26. The predicted octanol–water partition coefficient (Wildman–Crippen LogP) is 3.51. The molecule has 5 N–H and O–H groups in total. The highest BCUT2D eigenvalue weighted by Crippen LogP contribution is 2.25. The van der Waals surface area contributed by atoms with Crippen LogP contribution in [0.5, 0.6) is 0 Å². The lowest BCUT2D eigenvalue weighted by Gasteiger charge is -2.01. The van der Waals surface area contributed by atoms with E-state index < -0.39 is 0 Å². The van der Waals surface area contributed by atoms with Crippen molar-refractivity contribution in [2.24, 2.45) is 0 Å². The first kappa shape index (κ1) is 10.3. The normalized spacial score (nSPS) is 11.3. The lowest BCUT2D eigenvalue weighted by molar-refractivity contribution is 1.39. The molecule has 2 aromatic carbocycles. The lowest BCUT2D eigenvalue weighted by atomic mass is 10.1. The Morgan fingerprint density at radius 2 is 1.00 bits per heavy atom. The number of nitrogens with two attached hydrogens (primary N) is 2. The van der Waals surface area contributed by atoms with Crippen molar-refractivity contribution in [2.75, 3.05) is 11.5 Å². The summed E-state index contributed by atoms with van der Waals surface area (Å²) >= 11 is 0. The van der Waals surface area contributed by atoms with Gasteiger partial charge in [0.1, 0.15) is 0 Å². The van der Waals surface area contributed by atoms with Gasteiger partial charge in [-0.25, -0.2) is 0 Å². The summed E-state index contributed by atoms with van der Waals surface area (Å²) in [6.45, 7) is 0. The quantitative estimate of drug-likeness (QED) is 0.609. The number of nitrogen functional groups attached to an aromatic ring is 2. The van der Waals surface area contributed by atoms with Gasteiger partial charge in [0.05, 0.1) is 0 Å². The minimum Gasteiger partial charge on any atom is -0.399 e. The standard InChI is InChI=1S/C16H15N3/c17-13-5-1-11(2-6-13)15-9-10-16(19-15)12-3-7-14(18)8-4-12/h1-10,19H,17-18H2/i/hD. The highest BCUT2D eigenvalue weighted by molar-refractivity contribution is 5.69. The first-order valence-corrected chi connectivity index (χ1v) is 6.08. The molecular weight excluding hydrogens is 234 g/mol. The molecule has 19 heavy (non-hydrogen) atoms. The first-order valence-electron chi connectivity index (χ1n) is 6.53. The molecule has 0 aliphatic carbocycles. The zero-order valence-corrected chi connectivity index (χ0v) is 10.4. The van der Waals surface area contributed by atoms with Crippen molar-refractivity contribution in [2.45, 2.75) is 0 Å². The highest BCUT2D eigenvalue weighted by atomic mass is 14.7. The third-order valence-corrected chi connectivity index (χ3v) is 3.05. The molecule has 94 valence electrons. The minimum absolute atomic E-state index is 0.718. The van der Waals surface area contributed by atoms with Gasteiger partial charge in [-0.2, -0.15) is 0 Å². The van der Waals surface area contributed by atoms with E-state index >= 15 is 0 Å². The van der Waals surface area contributed by atoms with Crippen LogP contribution in [0.1, 0.15) is 0 Å². The van der Waals surface area contributed by atoms with Gasteiger partial charge in [0, 0.05) is 22.8 Å². The van der Waals surface area contributed by atoms with Gasteiger partial charge in [0.15, 0.2) is 1.41 Å². The zero-order valence-electron chi connectivity index (χ0n) is 11.4. The number of anilines is 2. The summed E-state index contributed by atoms with van der Waals surface area (Å²) in [5, 5.41) is 0. The lowest BCUT2D eigenvalue weighted by Crippen LogP contribution is -1.85. The minimum atomic E-state index is 0.718. The fraction of sp³-hybridized carbons (Fsp3) is 0. The molecule has 0 aliphatic rings. The Morgan fingerprint density at radius 3 is 1.37 bits per heavy atom. The van der Waals surface area contributed by atoms with Crippen molar-refractivity contribution in [3.63, 3.8) is 0 Å². The maximum atomic E-state index is 8.26. The van der Waals surface area contributed by atoms with Crippen LogP contribution in [0.2, 0.25) is 1.41 Å². The van der Waals surface area contributed by atoms with Crippen molar-refractivity contribution in [3.05, 3.63) is 60.7 Å². The molecule has 1 heterocycles. The van der Waals surface area contributed by atoms with E-state index in [1.807, 2.05) is 60.7 Å². The van der Waals surface area contributed by atoms with E-state index in [1.165, 1.54) is 4.98 Å². The van der Waals surface area contributed by atoms with Crippen LogP contribution in [0.25, 0.3) is 22.5 Å². The predicted molar refractivity (Wildman–Crippen MR) is 80.5 cm³/mol. The Labute approximate surface area is 113 Å². The molecule has 0 amide bonds. The molecule has 3 nitrogen and oxygen atoms in total.